The van der Waals surface area contributed by atoms with Crippen LogP contribution >= 0.6 is 0 Å². The smallest absolute Gasteiger partial charge is 0.155 e. The predicted octanol–water partition coefficient (Wildman–Crippen LogP) is 2.88. The van der Waals surface area contributed by atoms with Crippen molar-refractivity contribution in [2.45, 2.75) is 72.0 Å². The third-order valence-corrected chi connectivity index (χ3v) is 4.50. The number of hydrogen-bond donors (Lipinski definition) is 0. The van der Waals surface area contributed by atoms with E-state index in [1.807, 2.05) is 20.8 Å². The average molecular weight is 267 g/mol. The molecule has 0 bridgehead atoms. The molecule has 3 heteroatoms. The number of ether oxygens (including phenoxy) is 1. The topological polar surface area (TPSA) is 29.5 Å². The number of carbonyl (C=O) groups is 1. The second-order valence-electron chi connectivity index (χ2n) is 8.13. The molecule has 0 aliphatic carbocycles. The molecule has 2 aliphatic heterocycles. The van der Waals surface area contributed by atoms with Crippen molar-refractivity contribution in [3.05, 3.63) is 0 Å². The van der Waals surface area contributed by atoms with Gasteiger partial charge >= 0.3 is 0 Å². The lowest BCUT2D eigenvalue weighted by Crippen LogP contribution is -2.55. The van der Waals surface area contributed by atoms with Gasteiger partial charge in [0.1, 0.15) is 0 Å². The molecule has 19 heavy (non-hydrogen) atoms. The summed E-state index contributed by atoms with van der Waals surface area (Å²) in [6, 6.07) is 0.488. The van der Waals surface area contributed by atoms with Gasteiger partial charge in [-0.2, -0.15) is 0 Å². The van der Waals surface area contributed by atoms with Crippen molar-refractivity contribution in [3.63, 3.8) is 0 Å². The maximum atomic E-state index is 12.8. The Bertz CT molecular complexity index is 351. The van der Waals surface area contributed by atoms with Gasteiger partial charge in [0.05, 0.1) is 12.6 Å². The van der Waals surface area contributed by atoms with Gasteiger partial charge in [-0.05, 0) is 39.5 Å². The van der Waals surface area contributed by atoms with Crippen molar-refractivity contribution in [3.8, 4) is 0 Å². The van der Waals surface area contributed by atoms with E-state index in [2.05, 4.69) is 25.7 Å². The first-order chi connectivity index (χ1) is 8.62. The third kappa shape index (κ3) is 2.87. The van der Waals surface area contributed by atoms with Crippen molar-refractivity contribution < 1.29 is 9.53 Å². The molecular weight excluding hydrogens is 238 g/mol. The second-order valence-corrected chi connectivity index (χ2v) is 8.13. The highest BCUT2D eigenvalue weighted by atomic mass is 16.5. The summed E-state index contributed by atoms with van der Waals surface area (Å²) >= 11 is 0. The second kappa shape index (κ2) is 4.85. The van der Waals surface area contributed by atoms with E-state index in [4.69, 9.17) is 4.74 Å². The Hall–Kier alpha value is -0.410. The molecule has 3 unspecified atom stereocenters. The molecule has 2 saturated heterocycles. The van der Waals surface area contributed by atoms with Gasteiger partial charge in [-0.3, -0.25) is 9.69 Å². The fourth-order valence-corrected chi connectivity index (χ4v) is 3.68. The molecule has 3 atom stereocenters. The Morgan fingerprint density at radius 1 is 1.16 bits per heavy atom. The van der Waals surface area contributed by atoms with Crippen molar-refractivity contribution in [2.24, 2.45) is 11.3 Å². The standard InChI is InChI=1S/C16H29NO2/c1-15(2,3)14(18)12-9-11-7-8-19-10-13(11)17(12)16(4,5)6/h11-13H,7-10H2,1-6H3. The van der Waals surface area contributed by atoms with Crippen LogP contribution in [0.15, 0.2) is 0 Å². The van der Waals surface area contributed by atoms with Gasteiger partial charge in [0.2, 0.25) is 0 Å². The molecule has 2 heterocycles. The van der Waals surface area contributed by atoms with E-state index >= 15 is 0 Å². The number of Topliss-reactive ketones (excluding diaryl/α,β-unsaturated/α-hetero) is 1. The van der Waals surface area contributed by atoms with E-state index in [0.29, 0.717) is 17.7 Å². The monoisotopic (exact) mass is 267 g/mol. The van der Waals surface area contributed by atoms with Crippen LogP contribution in [0.4, 0.5) is 0 Å². The zero-order valence-corrected chi connectivity index (χ0v) is 13.3. The zero-order chi connectivity index (χ0) is 14.4. The highest BCUT2D eigenvalue weighted by Gasteiger charge is 2.51. The number of ketones is 1. The van der Waals surface area contributed by atoms with Crippen LogP contribution in [0.5, 0.6) is 0 Å². The van der Waals surface area contributed by atoms with E-state index in [0.717, 1.165) is 26.1 Å². The van der Waals surface area contributed by atoms with Crippen molar-refractivity contribution >= 4 is 5.78 Å². The Morgan fingerprint density at radius 3 is 2.32 bits per heavy atom. The van der Waals surface area contributed by atoms with E-state index in [9.17, 15) is 4.79 Å². The van der Waals surface area contributed by atoms with Crippen LogP contribution in [0.3, 0.4) is 0 Å². The predicted molar refractivity (Wildman–Crippen MR) is 77.2 cm³/mol. The number of carbonyl (C=O) groups excluding carboxylic acids is 1. The number of hydrogen-bond acceptors (Lipinski definition) is 3. The Morgan fingerprint density at radius 2 is 1.79 bits per heavy atom. The summed E-state index contributed by atoms with van der Waals surface area (Å²) in [4.78, 5) is 15.2. The van der Waals surface area contributed by atoms with E-state index in [1.54, 1.807) is 0 Å². The number of fused-ring (bicyclic) bond motifs is 1. The molecule has 0 N–H and O–H groups in total. The first kappa shape index (κ1) is 15.0. The van der Waals surface area contributed by atoms with Crippen molar-refractivity contribution in [1.82, 2.24) is 4.90 Å². The van der Waals surface area contributed by atoms with Gasteiger partial charge in [-0.25, -0.2) is 0 Å². The molecule has 0 radical (unpaired) electrons. The van der Waals surface area contributed by atoms with Crippen LogP contribution in [0, 0.1) is 11.3 Å². The van der Waals surface area contributed by atoms with Crippen LogP contribution < -0.4 is 0 Å². The number of nitrogens with zero attached hydrogens (tertiary/aromatic N) is 1. The van der Waals surface area contributed by atoms with Crippen LogP contribution in [0.2, 0.25) is 0 Å². The Balaban J connectivity index is 2.29. The van der Waals surface area contributed by atoms with Gasteiger partial charge in [0.15, 0.2) is 5.78 Å². The summed E-state index contributed by atoms with van der Waals surface area (Å²) in [6.07, 6.45) is 2.12. The minimum Gasteiger partial charge on any atom is -0.380 e. The van der Waals surface area contributed by atoms with Crippen molar-refractivity contribution in [2.75, 3.05) is 13.2 Å². The molecule has 2 aliphatic rings. The quantitative estimate of drug-likeness (QED) is 0.731. The molecule has 2 fully saturated rings. The highest BCUT2D eigenvalue weighted by Crippen LogP contribution is 2.41. The Kier molecular flexibility index (Phi) is 3.83. The minimum absolute atomic E-state index is 0.0195. The molecule has 0 amide bonds. The first-order valence-electron chi connectivity index (χ1n) is 7.53. The van der Waals surface area contributed by atoms with Gasteiger partial charge in [-0.15, -0.1) is 0 Å². The average Bonchev–Trinajstić information content (AvgIpc) is 2.64. The molecule has 0 spiro atoms. The summed E-state index contributed by atoms with van der Waals surface area (Å²) in [7, 11) is 0. The summed E-state index contributed by atoms with van der Waals surface area (Å²) in [5, 5.41) is 0. The van der Waals surface area contributed by atoms with Crippen LogP contribution in [-0.2, 0) is 9.53 Å². The zero-order valence-electron chi connectivity index (χ0n) is 13.3. The summed E-state index contributed by atoms with van der Waals surface area (Å²) < 4.78 is 5.67. The van der Waals surface area contributed by atoms with Crippen LogP contribution in [0.1, 0.15) is 54.4 Å². The summed E-state index contributed by atoms with van der Waals surface area (Å²) in [6.45, 7) is 14.4. The molecule has 0 aromatic rings. The van der Waals surface area contributed by atoms with Crippen LogP contribution in [-0.4, -0.2) is 41.5 Å². The summed E-state index contributed by atoms with van der Waals surface area (Å²) in [5.74, 6) is 1.01. The van der Waals surface area contributed by atoms with Gasteiger partial charge < -0.3 is 4.74 Å². The fraction of sp³-hybridized carbons (Fsp3) is 0.938. The molecule has 2 rings (SSSR count). The third-order valence-electron chi connectivity index (χ3n) is 4.50. The number of likely N-dealkylation sites (tertiary alicyclic amines) is 1. The van der Waals surface area contributed by atoms with E-state index in [-0.39, 0.29) is 17.0 Å². The van der Waals surface area contributed by atoms with Gasteiger partial charge in [0.25, 0.3) is 0 Å². The fourth-order valence-electron chi connectivity index (χ4n) is 3.68. The van der Waals surface area contributed by atoms with Gasteiger partial charge in [0, 0.05) is 23.6 Å². The van der Waals surface area contributed by atoms with Gasteiger partial charge in [-0.1, -0.05) is 20.8 Å². The van der Waals surface area contributed by atoms with E-state index < -0.39 is 0 Å². The number of rotatable bonds is 1. The molecule has 0 aromatic carbocycles. The highest BCUT2D eigenvalue weighted by molar-refractivity contribution is 5.89. The lowest BCUT2D eigenvalue weighted by atomic mass is 9.83. The minimum atomic E-state index is -0.261. The first-order valence-corrected chi connectivity index (χ1v) is 7.53. The lowest BCUT2D eigenvalue weighted by molar-refractivity contribution is -0.134. The lowest BCUT2D eigenvalue weighted by Gasteiger charge is -2.43. The molecule has 3 nitrogen and oxygen atoms in total. The van der Waals surface area contributed by atoms with E-state index in [1.165, 1.54) is 0 Å². The largest absolute Gasteiger partial charge is 0.380 e. The molecular formula is C16H29NO2. The van der Waals surface area contributed by atoms with Crippen LogP contribution in [0.25, 0.3) is 0 Å². The van der Waals surface area contributed by atoms with Crippen molar-refractivity contribution in [1.29, 1.82) is 0 Å². The summed E-state index contributed by atoms with van der Waals surface area (Å²) in [5.41, 5.74) is -0.242. The normalized spacial score (nSPS) is 33.3. The molecule has 110 valence electrons. The molecule has 0 saturated carbocycles. The molecule has 0 aromatic heterocycles. The Labute approximate surface area is 117 Å². The SMILES string of the molecule is CC(C)(C)C(=O)C1CC2CCOCC2N1C(C)(C)C. The maximum Gasteiger partial charge on any atom is 0.155 e. The maximum absolute atomic E-state index is 12.8.